The number of hydrogen-bond acceptors (Lipinski definition) is 3. The second-order valence-electron chi connectivity index (χ2n) is 10.7. The van der Waals surface area contributed by atoms with Gasteiger partial charge in [-0.15, -0.1) is 0 Å². The van der Waals surface area contributed by atoms with Gasteiger partial charge >= 0.3 is 11.9 Å². The average molecular weight is 475 g/mol. The number of benzene rings is 3. The largest absolute Gasteiger partial charge is 0.478 e. The van der Waals surface area contributed by atoms with E-state index in [2.05, 4.69) is 39.8 Å². The van der Waals surface area contributed by atoms with Gasteiger partial charge in [0.2, 0.25) is 0 Å². The quantitative estimate of drug-likeness (QED) is 0.315. The van der Waals surface area contributed by atoms with Crippen LogP contribution < -0.4 is 4.74 Å². The van der Waals surface area contributed by atoms with Gasteiger partial charge in [0.25, 0.3) is 0 Å². The summed E-state index contributed by atoms with van der Waals surface area (Å²) in [6, 6.07) is 18.2. The van der Waals surface area contributed by atoms with E-state index in [9.17, 15) is 14.0 Å². The van der Waals surface area contributed by atoms with Gasteiger partial charge in [0, 0.05) is 0 Å². The van der Waals surface area contributed by atoms with Crippen LogP contribution in [0.5, 0.6) is 5.75 Å². The first kappa shape index (κ1) is 24.6. The Hall–Kier alpha value is -3.47. The fourth-order valence-electron chi connectivity index (χ4n) is 4.87. The normalized spacial score (nSPS) is 16.7. The van der Waals surface area contributed by atoms with Crippen molar-refractivity contribution in [2.75, 3.05) is 0 Å². The molecule has 0 spiro atoms. The van der Waals surface area contributed by atoms with E-state index in [0.717, 1.165) is 24.0 Å². The number of esters is 1. The summed E-state index contributed by atoms with van der Waals surface area (Å²) in [6.45, 7) is 8.99. The van der Waals surface area contributed by atoms with Crippen LogP contribution in [0.25, 0.3) is 0 Å². The van der Waals surface area contributed by atoms with E-state index in [1.54, 1.807) is 12.1 Å². The summed E-state index contributed by atoms with van der Waals surface area (Å²) >= 11 is 0. The van der Waals surface area contributed by atoms with Gasteiger partial charge in [0.15, 0.2) is 0 Å². The van der Waals surface area contributed by atoms with Crippen molar-refractivity contribution in [3.8, 4) is 5.75 Å². The predicted octanol–water partition coefficient (Wildman–Crippen LogP) is 6.80. The molecule has 4 rings (SSSR count). The van der Waals surface area contributed by atoms with Gasteiger partial charge in [-0.05, 0) is 88.7 Å². The van der Waals surface area contributed by atoms with Crippen LogP contribution in [0.1, 0.15) is 79.1 Å². The number of rotatable bonds is 6. The minimum Gasteiger partial charge on any atom is -0.478 e. The highest BCUT2D eigenvalue weighted by Crippen LogP contribution is 2.46. The topological polar surface area (TPSA) is 63.6 Å². The SMILES string of the molecule is CC1(C)CCC(C)(C)c2cc(C(Cc3ccc(F)cc3)C(=O)Oc3ccc(C(=O)O)cc3)ccc21. The Morgan fingerprint density at radius 1 is 0.886 bits per heavy atom. The first-order valence-electron chi connectivity index (χ1n) is 11.9. The number of carbonyl (C=O) groups is 2. The third kappa shape index (κ3) is 5.29. The van der Waals surface area contributed by atoms with Crippen molar-refractivity contribution in [3.05, 3.63) is 100 Å². The summed E-state index contributed by atoms with van der Waals surface area (Å²) in [5.41, 5.74) is 4.38. The zero-order valence-corrected chi connectivity index (χ0v) is 20.6. The lowest BCUT2D eigenvalue weighted by atomic mass is 9.62. The van der Waals surface area contributed by atoms with Crippen molar-refractivity contribution in [2.24, 2.45) is 0 Å². The molecule has 0 bridgehead atoms. The van der Waals surface area contributed by atoms with E-state index >= 15 is 0 Å². The lowest BCUT2D eigenvalue weighted by molar-refractivity contribution is -0.136. The number of carbonyl (C=O) groups excluding carboxylic acids is 1. The highest BCUT2D eigenvalue weighted by Gasteiger charge is 2.38. The van der Waals surface area contributed by atoms with Crippen LogP contribution in [0.2, 0.25) is 0 Å². The van der Waals surface area contributed by atoms with E-state index < -0.39 is 17.9 Å². The molecule has 1 aliphatic rings. The third-order valence-corrected chi connectivity index (χ3v) is 7.24. The Kier molecular flexibility index (Phi) is 6.54. The molecule has 1 unspecified atom stereocenters. The van der Waals surface area contributed by atoms with E-state index in [4.69, 9.17) is 9.84 Å². The first-order valence-corrected chi connectivity index (χ1v) is 11.9. The molecule has 0 radical (unpaired) electrons. The number of fused-ring (bicyclic) bond motifs is 1. The summed E-state index contributed by atoms with van der Waals surface area (Å²) in [6.07, 6.45) is 2.51. The maximum Gasteiger partial charge on any atom is 0.335 e. The Labute approximate surface area is 205 Å². The molecule has 5 heteroatoms. The van der Waals surface area contributed by atoms with Crippen molar-refractivity contribution in [1.82, 2.24) is 0 Å². The molecule has 0 fully saturated rings. The Bertz CT molecular complexity index is 1240. The fraction of sp³-hybridized carbons (Fsp3) is 0.333. The van der Waals surface area contributed by atoms with Crippen LogP contribution in [0.3, 0.4) is 0 Å². The number of aromatic carboxylic acids is 1. The van der Waals surface area contributed by atoms with Crippen LogP contribution in [0.4, 0.5) is 4.39 Å². The summed E-state index contributed by atoms with van der Waals surface area (Å²) in [5, 5.41) is 9.12. The molecule has 1 atom stereocenters. The number of ether oxygens (including phenoxy) is 1. The molecule has 1 aliphatic carbocycles. The molecule has 0 saturated heterocycles. The monoisotopic (exact) mass is 474 g/mol. The second-order valence-corrected chi connectivity index (χ2v) is 10.7. The van der Waals surface area contributed by atoms with Crippen molar-refractivity contribution in [1.29, 1.82) is 0 Å². The van der Waals surface area contributed by atoms with E-state index in [1.807, 2.05) is 6.07 Å². The number of carboxylic acid groups (broad SMARTS) is 1. The van der Waals surface area contributed by atoms with Crippen molar-refractivity contribution in [3.63, 3.8) is 0 Å². The smallest absolute Gasteiger partial charge is 0.335 e. The zero-order chi connectivity index (χ0) is 25.4. The molecule has 1 N–H and O–H groups in total. The molecule has 0 amide bonds. The lowest BCUT2D eigenvalue weighted by Gasteiger charge is -2.42. The summed E-state index contributed by atoms with van der Waals surface area (Å²) < 4.78 is 19.2. The summed E-state index contributed by atoms with van der Waals surface area (Å²) in [7, 11) is 0. The molecule has 35 heavy (non-hydrogen) atoms. The Balaban J connectivity index is 1.71. The average Bonchev–Trinajstić information content (AvgIpc) is 2.82. The second kappa shape index (κ2) is 9.29. The minimum absolute atomic E-state index is 0.0160. The molecule has 0 aliphatic heterocycles. The third-order valence-electron chi connectivity index (χ3n) is 7.24. The Morgan fingerprint density at radius 2 is 1.49 bits per heavy atom. The van der Waals surface area contributed by atoms with E-state index in [0.29, 0.717) is 6.42 Å². The first-order chi connectivity index (χ1) is 16.5. The lowest BCUT2D eigenvalue weighted by Crippen LogP contribution is -2.34. The van der Waals surface area contributed by atoms with Crippen LogP contribution in [-0.4, -0.2) is 17.0 Å². The van der Waals surface area contributed by atoms with Crippen LogP contribution in [-0.2, 0) is 22.0 Å². The van der Waals surface area contributed by atoms with E-state index in [1.165, 1.54) is 47.5 Å². The molecular weight excluding hydrogens is 443 g/mol. The summed E-state index contributed by atoms with van der Waals surface area (Å²) in [4.78, 5) is 24.6. The molecule has 0 aromatic heterocycles. The molecule has 182 valence electrons. The van der Waals surface area contributed by atoms with Gasteiger partial charge in [0.1, 0.15) is 11.6 Å². The van der Waals surface area contributed by atoms with Gasteiger partial charge < -0.3 is 9.84 Å². The zero-order valence-electron chi connectivity index (χ0n) is 20.6. The number of halogens is 1. The van der Waals surface area contributed by atoms with Gasteiger partial charge in [-0.25, -0.2) is 9.18 Å². The van der Waals surface area contributed by atoms with E-state index in [-0.39, 0.29) is 28.0 Å². The number of carboxylic acids is 1. The standard InChI is InChI=1S/C30H31FO4/c1-29(2)15-16-30(3,4)26-18-21(9-14-25(26)29)24(17-19-5-10-22(31)11-6-19)28(34)35-23-12-7-20(8-13-23)27(32)33/h5-14,18,24H,15-17H2,1-4H3,(H,32,33). The van der Waals surface area contributed by atoms with Crippen molar-refractivity contribution in [2.45, 2.75) is 63.7 Å². The molecule has 3 aromatic rings. The highest BCUT2D eigenvalue weighted by atomic mass is 19.1. The van der Waals surface area contributed by atoms with Gasteiger partial charge in [-0.2, -0.15) is 0 Å². The van der Waals surface area contributed by atoms with Crippen LogP contribution in [0, 0.1) is 5.82 Å². The number of hydrogen-bond donors (Lipinski definition) is 1. The van der Waals surface area contributed by atoms with Gasteiger partial charge in [0.05, 0.1) is 11.5 Å². The maximum absolute atomic E-state index is 13.5. The van der Waals surface area contributed by atoms with Crippen molar-refractivity contribution >= 4 is 11.9 Å². The summed E-state index contributed by atoms with van der Waals surface area (Å²) in [5.74, 6) is -2.14. The van der Waals surface area contributed by atoms with Crippen molar-refractivity contribution < 1.29 is 23.8 Å². The molecule has 4 nitrogen and oxygen atoms in total. The molecule has 0 heterocycles. The molecule has 3 aromatic carbocycles. The molecular formula is C30H31FO4. The predicted molar refractivity (Wildman–Crippen MR) is 134 cm³/mol. The molecule has 0 saturated carbocycles. The Morgan fingerprint density at radius 3 is 2.09 bits per heavy atom. The highest BCUT2D eigenvalue weighted by molar-refractivity contribution is 5.88. The minimum atomic E-state index is -1.04. The van der Waals surface area contributed by atoms with Gasteiger partial charge in [-0.1, -0.05) is 58.0 Å². The van der Waals surface area contributed by atoms with Crippen LogP contribution >= 0.6 is 0 Å². The van der Waals surface area contributed by atoms with Crippen LogP contribution in [0.15, 0.2) is 66.7 Å². The van der Waals surface area contributed by atoms with Gasteiger partial charge in [-0.3, -0.25) is 4.79 Å². The fourth-order valence-corrected chi connectivity index (χ4v) is 4.87. The maximum atomic E-state index is 13.5.